The molecule has 0 atom stereocenters. The van der Waals surface area contributed by atoms with Gasteiger partial charge in [-0.15, -0.1) is 0 Å². The Balaban J connectivity index is 0.821. The first-order valence-electron chi connectivity index (χ1n) is 28.2. The van der Waals surface area contributed by atoms with E-state index in [1.165, 1.54) is 121 Å². The van der Waals surface area contributed by atoms with Crippen LogP contribution in [0.3, 0.4) is 0 Å². The predicted octanol–water partition coefficient (Wildman–Crippen LogP) is 21.8. The van der Waals surface area contributed by atoms with Crippen molar-refractivity contribution in [1.29, 1.82) is 0 Å². The summed E-state index contributed by atoms with van der Waals surface area (Å²) in [7, 11) is 0. The predicted molar refractivity (Wildman–Crippen MR) is 341 cm³/mol. The van der Waals surface area contributed by atoms with Crippen LogP contribution < -0.4 is 9.80 Å². The molecule has 0 amide bonds. The molecule has 13 aromatic carbocycles. The van der Waals surface area contributed by atoms with Crippen LogP contribution in [0.15, 0.2) is 255 Å². The van der Waals surface area contributed by atoms with Gasteiger partial charge in [0.25, 0.3) is 0 Å². The van der Waals surface area contributed by atoms with E-state index in [9.17, 15) is 0 Å². The third-order valence-electron chi connectivity index (χ3n) is 18.2. The third-order valence-corrected chi connectivity index (χ3v) is 18.2. The van der Waals surface area contributed by atoms with Crippen molar-refractivity contribution in [2.45, 2.75) is 52.4 Å². The fourth-order valence-electron chi connectivity index (χ4n) is 13.9. The summed E-state index contributed by atoms with van der Waals surface area (Å²) in [4.78, 5) is 4.90. The SMILES string of the molecule is Cc1c2ccc(N(c3ccc(-c4ccc5c(c4)C(C)(C)c4ccccc4-5)cc3)c3cccc4ccccc34)cc2c(C)c2ccc(N(c3ccc(-c4ccc5c(c4)C(C)(C)c4ccccc4-5)cc3)c3cccc4ccccc34)cc12. The van der Waals surface area contributed by atoms with Gasteiger partial charge in [-0.25, -0.2) is 0 Å². The maximum Gasteiger partial charge on any atom is 0.0540 e. The molecule has 382 valence electrons. The van der Waals surface area contributed by atoms with Crippen molar-refractivity contribution >= 4 is 77.2 Å². The molecule has 15 rings (SSSR count). The van der Waals surface area contributed by atoms with Crippen molar-refractivity contribution in [3.63, 3.8) is 0 Å². The zero-order valence-corrected chi connectivity index (χ0v) is 46.1. The van der Waals surface area contributed by atoms with E-state index in [0.29, 0.717) is 0 Å². The minimum atomic E-state index is -0.0605. The van der Waals surface area contributed by atoms with Crippen LogP contribution in [0.2, 0.25) is 0 Å². The molecule has 0 bridgehead atoms. The molecule has 0 radical (unpaired) electrons. The third kappa shape index (κ3) is 7.32. The number of hydrogen-bond donors (Lipinski definition) is 0. The molecular formula is C78H60N2. The van der Waals surface area contributed by atoms with E-state index in [2.05, 4.69) is 306 Å². The van der Waals surface area contributed by atoms with E-state index in [0.717, 1.165) is 34.1 Å². The molecule has 0 fully saturated rings. The first-order valence-corrected chi connectivity index (χ1v) is 28.2. The van der Waals surface area contributed by atoms with Crippen LogP contribution >= 0.6 is 0 Å². The van der Waals surface area contributed by atoms with E-state index in [1.807, 2.05) is 0 Å². The minimum absolute atomic E-state index is 0.0605. The smallest absolute Gasteiger partial charge is 0.0540 e. The fraction of sp³-hybridized carbons (Fsp3) is 0.103. The Kier molecular flexibility index (Phi) is 10.7. The molecule has 13 aromatic rings. The number of aryl methyl sites for hydroxylation is 2. The fourth-order valence-corrected chi connectivity index (χ4v) is 13.9. The molecule has 0 N–H and O–H groups in total. The maximum absolute atomic E-state index is 2.45. The van der Waals surface area contributed by atoms with Crippen LogP contribution in [0.1, 0.15) is 61.1 Å². The lowest BCUT2D eigenvalue weighted by Crippen LogP contribution is -2.14. The lowest BCUT2D eigenvalue weighted by molar-refractivity contribution is 0.660. The summed E-state index contributed by atoms with van der Waals surface area (Å²) in [6.45, 7) is 14.0. The molecule has 2 aliphatic rings. The highest BCUT2D eigenvalue weighted by molar-refractivity contribution is 6.09. The van der Waals surface area contributed by atoms with Crippen LogP contribution in [-0.2, 0) is 10.8 Å². The maximum atomic E-state index is 2.45. The molecular weight excluding hydrogens is 965 g/mol. The zero-order chi connectivity index (χ0) is 54.0. The van der Waals surface area contributed by atoms with Gasteiger partial charge in [0.1, 0.15) is 0 Å². The topological polar surface area (TPSA) is 6.48 Å². The highest BCUT2D eigenvalue weighted by atomic mass is 15.1. The van der Waals surface area contributed by atoms with Gasteiger partial charge in [-0.05, 0) is 197 Å². The molecule has 0 saturated heterocycles. The lowest BCUT2D eigenvalue weighted by atomic mass is 9.81. The molecule has 2 aliphatic carbocycles. The van der Waals surface area contributed by atoms with Crippen LogP contribution in [0.5, 0.6) is 0 Å². The summed E-state index contributed by atoms with van der Waals surface area (Å²) in [6.07, 6.45) is 0. The summed E-state index contributed by atoms with van der Waals surface area (Å²) in [5.74, 6) is 0. The van der Waals surface area contributed by atoms with Gasteiger partial charge in [-0.1, -0.05) is 210 Å². The molecule has 0 saturated carbocycles. The first-order chi connectivity index (χ1) is 39.0. The van der Waals surface area contributed by atoms with Crippen molar-refractivity contribution in [3.05, 3.63) is 288 Å². The Morgan fingerprint density at radius 2 is 0.600 bits per heavy atom. The molecule has 2 nitrogen and oxygen atoms in total. The first kappa shape index (κ1) is 47.7. The number of anilines is 6. The van der Waals surface area contributed by atoms with Crippen molar-refractivity contribution < 1.29 is 0 Å². The van der Waals surface area contributed by atoms with Crippen LogP contribution in [-0.4, -0.2) is 0 Å². The highest BCUT2D eigenvalue weighted by Gasteiger charge is 2.36. The van der Waals surface area contributed by atoms with E-state index in [4.69, 9.17) is 0 Å². The average molecular weight is 1030 g/mol. The quantitative estimate of drug-likeness (QED) is 0.140. The second-order valence-corrected chi connectivity index (χ2v) is 23.3. The Morgan fingerprint density at radius 3 is 1.04 bits per heavy atom. The van der Waals surface area contributed by atoms with E-state index in [-0.39, 0.29) is 10.8 Å². The Labute approximate surface area is 469 Å². The van der Waals surface area contributed by atoms with Crippen molar-refractivity contribution in [2.75, 3.05) is 9.80 Å². The molecule has 80 heavy (non-hydrogen) atoms. The summed E-state index contributed by atoms with van der Waals surface area (Å²) in [5, 5.41) is 9.87. The van der Waals surface area contributed by atoms with Crippen LogP contribution in [0, 0.1) is 13.8 Å². The molecule has 0 spiro atoms. The van der Waals surface area contributed by atoms with Crippen molar-refractivity contribution in [2.24, 2.45) is 0 Å². The van der Waals surface area contributed by atoms with Gasteiger partial charge in [0.15, 0.2) is 0 Å². The monoisotopic (exact) mass is 1020 g/mol. The number of fused-ring (bicyclic) bond motifs is 10. The molecule has 0 heterocycles. The van der Waals surface area contributed by atoms with Crippen LogP contribution in [0.25, 0.3) is 87.6 Å². The average Bonchev–Trinajstić information content (AvgIpc) is 3.91. The highest BCUT2D eigenvalue weighted by Crippen LogP contribution is 2.52. The van der Waals surface area contributed by atoms with Gasteiger partial charge < -0.3 is 9.80 Å². The standard InChI is InChI=1S/C78H60N2/c1-49-61-43-39-60(80(76-28-16-20-54-18-8-10-22-64(54)76)58-37-31-52(32-38-58)56-34-42-68-66-24-12-14-26-72(66)78(5,6)74(68)46-56)48-70(61)50(2)62-44-40-59(47-69(49)62)79(75-27-15-19-53-17-7-9-21-63(53)75)57-35-29-51(30-36-57)55-33-41-67-65-23-11-13-25-71(65)77(3,4)73(67)45-55/h7-48H,1-6H3. The largest absolute Gasteiger partial charge is 0.310 e. The van der Waals surface area contributed by atoms with Gasteiger partial charge in [-0.3, -0.25) is 0 Å². The molecule has 0 aromatic heterocycles. The summed E-state index contributed by atoms with van der Waals surface area (Å²) < 4.78 is 0. The Morgan fingerprint density at radius 1 is 0.250 bits per heavy atom. The van der Waals surface area contributed by atoms with Gasteiger partial charge in [0.2, 0.25) is 0 Å². The second kappa shape index (κ2) is 18.0. The van der Waals surface area contributed by atoms with Crippen LogP contribution in [0.4, 0.5) is 34.1 Å². The zero-order valence-electron chi connectivity index (χ0n) is 46.1. The molecule has 0 aliphatic heterocycles. The number of rotatable bonds is 8. The summed E-state index contributed by atoms with van der Waals surface area (Å²) in [5.41, 5.74) is 25.0. The van der Waals surface area contributed by atoms with Crippen molar-refractivity contribution in [3.8, 4) is 44.5 Å². The summed E-state index contributed by atoms with van der Waals surface area (Å²) in [6, 6.07) is 95.3. The van der Waals surface area contributed by atoms with Gasteiger partial charge in [-0.2, -0.15) is 0 Å². The lowest BCUT2D eigenvalue weighted by Gasteiger charge is -2.29. The molecule has 2 heteroatoms. The summed E-state index contributed by atoms with van der Waals surface area (Å²) >= 11 is 0. The second-order valence-electron chi connectivity index (χ2n) is 23.3. The van der Waals surface area contributed by atoms with E-state index < -0.39 is 0 Å². The molecule has 0 unspecified atom stereocenters. The Bertz CT molecular complexity index is 4360. The van der Waals surface area contributed by atoms with Gasteiger partial charge in [0, 0.05) is 44.4 Å². The Hall–Kier alpha value is -9.50. The normalized spacial score (nSPS) is 13.6. The number of benzene rings is 13. The van der Waals surface area contributed by atoms with E-state index in [1.54, 1.807) is 0 Å². The van der Waals surface area contributed by atoms with Gasteiger partial charge in [0.05, 0.1) is 11.4 Å². The van der Waals surface area contributed by atoms with Crippen molar-refractivity contribution in [1.82, 2.24) is 0 Å². The number of nitrogens with zero attached hydrogens (tertiary/aromatic N) is 2. The van der Waals surface area contributed by atoms with Gasteiger partial charge >= 0.3 is 0 Å². The number of hydrogen-bond acceptors (Lipinski definition) is 2. The van der Waals surface area contributed by atoms with E-state index >= 15 is 0 Å². The minimum Gasteiger partial charge on any atom is -0.310 e.